The van der Waals surface area contributed by atoms with Crippen molar-refractivity contribution in [1.29, 1.82) is 0 Å². The van der Waals surface area contributed by atoms with Crippen molar-refractivity contribution in [3.05, 3.63) is 0 Å². The molecule has 0 radical (unpaired) electrons. The third-order valence-electron chi connectivity index (χ3n) is 2.94. The van der Waals surface area contributed by atoms with E-state index in [9.17, 15) is 5.11 Å². The zero-order valence-electron chi connectivity index (χ0n) is 9.87. The van der Waals surface area contributed by atoms with E-state index < -0.39 is 0 Å². The highest BCUT2D eigenvalue weighted by Gasteiger charge is 2.27. The van der Waals surface area contributed by atoms with Gasteiger partial charge in [-0.2, -0.15) is 0 Å². The minimum atomic E-state index is -0.113. The van der Waals surface area contributed by atoms with E-state index in [1.165, 1.54) is 25.9 Å². The normalized spacial score (nSPS) is 21.2. The highest BCUT2D eigenvalue weighted by Crippen LogP contribution is 2.21. The minimum Gasteiger partial charge on any atom is -0.392 e. The Bertz CT molecular complexity index is 152. The third kappa shape index (κ3) is 3.97. The third-order valence-corrected chi connectivity index (χ3v) is 2.94. The molecule has 14 heavy (non-hydrogen) atoms. The van der Waals surface area contributed by atoms with Crippen LogP contribution in [0.2, 0.25) is 0 Å². The summed E-state index contributed by atoms with van der Waals surface area (Å²) in [4.78, 5) is 2.38. The zero-order valence-corrected chi connectivity index (χ0v) is 9.87. The molecule has 0 aromatic carbocycles. The molecule has 1 N–H and O–H groups in total. The molecule has 1 aliphatic rings. The lowest BCUT2D eigenvalue weighted by molar-refractivity contribution is 0.0291. The Balaban J connectivity index is 2.04. The van der Waals surface area contributed by atoms with Crippen LogP contribution in [0.3, 0.4) is 0 Å². The summed E-state index contributed by atoms with van der Waals surface area (Å²) in [5.74, 6) is 1.52. The second kappa shape index (κ2) is 5.72. The van der Waals surface area contributed by atoms with Gasteiger partial charge in [0.2, 0.25) is 0 Å². The molecule has 0 aliphatic carbocycles. The van der Waals surface area contributed by atoms with Gasteiger partial charge in [0, 0.05) is 19.6 Å². The van der Waals surface area contributed by atoms with Gasteiger partial charge in [-0.15, -0.1) is 0 Å². The van der Waals surface area contributed by atoms with Crippen molar-refractivity contribution in [1.82, 2.24) is 4.90 Å². The van der Waals surface area contributed by atoms with E-state index in [0.29, 0.717) is 5.92 Å². The maximum absolute atomic E-state index is 9.73. The molecule has 1 unspecified atom stereocenters. The molecule has 0 saturated carbocycles. The van der Waals surface area contributed by atoms with Gasteiger partial charge in [-0.3, -0.25) is 0 Å². The number of hydrogen-bond acceptors (Lipinski definition) is 2. The fourth-order valence-corrected chi connectivity index (χ4v) is 2.33. The SMILES string of the molecule is CCCC1CN(CC(O)CC(C)C)C1. The van der Waals surface area contributed by atoms with Crippen LogP contribution in [0.1, 0.15) is 40.0 Å². The lowest BCUT2D eigenvalue weighted by Gasteiger charge is -2.40. The summed E-state index contributed by atoms with van der Waals surface area (Å²) in [6.07, 6.45) is 3.48. The van der Waals surface area contributed by atoms with E-state index in [1.54, 1.807) is 0 Å². The van der Waals surface area contributed by atoms with Gasteiger partial charge in [0.15, 0.2) is 0 Å². The van der Waals surface area contributed by atoms with Crippen molar-refractivity contribution in [2.45, 2.75) is 46.1 Å². The van der Waals surface area contributed by atoms with Crippen LogP contribution in [0.15, 0.2) is 0 Å². The Morgan fingerprint density at radius 1 is 1.36 bits per heavy atom. The van der Waals surface area contributed by atoms with Gasteiger partial charge in [-0.1, -0.05) is 27.2 Å². The number of nitrogens with zero attached hydrogens (tertiary/aromatic N) is 1. The molecule has 2 nitrogen and oxygen atoms in total. The van der Waals surface area contributed by atoms with Crippen molar-refractivity contribution in [2.24, 2.45) is 11.8 Å². The molecular weight excluding hydrogens is 174 g/mol. The molecule has 84 valence electrons. The van der Waals surface area contributed by atoms with Crippen LogP contribution in [-0.4, -0.2) is 35.7 Å². The summed E-state index contributed by atoms with van der Waals surface area (Å²) < 4.78 is 0. The monoisotopic (exact) mass is 199 g/mol. The number of aliphatic hydroxyl groups excluding tert-OH is 1. The zero-order chi connectivity index (χ0) is 10.6. The molecule has 0 amide bonds. The predicted molar refractivity (Wildman–Crippen MR) is 60.3 cm³/mol. The van der Waals surface area contributed by atoms with E-state index in [0.717, 1.165) is 18.9 Å². The number of rotatable bonds is 6. The molecule has 1 heterocycles. The van der Waals surface area contributed by atoms with Crippen molar-refractivity contribution < 1.29 is 5.11 Å². The van der Waals surface area contributed by atoms with Gasteiger partial charge in [0.25, 0.3) is 0 Å². The van der Waals surface area contributed by atoms with Crippen LogP contribution in [0.4, 0.5) is 0 Å². The molecule has 2 heteroatoms. The standard InChI is InChI=1S/C12H25NO/c1-4-5-11-7-13(8-11)9-12(14)6-10(2)3/h10-12,14H,4-9H2,1-3H3. The fraction of sp³-hybridized carbons (Fsp3) is 1.00. The van der Waals surface area contributed by atoms with Gasteiger partial charge < -0.3 is 10.0 Å². The van der Waals surface area contributed by atoms with Gasteiger partial charge in [0.1, 0.15) is 0 Å². The Labute approximate surface area is 88.3 Å². The molecule has 0 spiro atoms. The number of hydrogen-bond donors (Lipinski definition) is 1. The highest BCUT2D eigenvalue weighted by atomic mass is 16.3. The lowest BCUT2D eigenvalue weighted by atomic mass is 9.94. The molecule has 1 atom stereocenters. The first-order valence-corrected chi connectivity index (χ1v) is 6.02. The average Bonchev–Trinajstić information content (AvgIpc) is 1.99. The van der Waals surface area contributed by atoms with Crippen LogP contribution < -0.4 is 0 Å². The van der Waals surface area contributed by atoms with Crippen LogP contribution in [0, 0.1) is 11.8 Å². The summed E-state index contributed by atoms with van der Waals surface area (Å²) in [5.41, 5.74) is 0. The quantitative estimate of drug-likeness (QED) is 0.708. The van der Waals surface area contributed by atoms with E-state index in [-0.39, 0.29) is 6.10 Å². The number of β-amino-alcohol motifs (C(OH)–C–C–N with tert-alkyl or cyclic N) is 1. The molecule has 1 saturated heterocycles. The van der Waals surface area contributed by atoms with Crippen molar-refractivity contribution >= 4 is 0 Å². The Morgan fingerprint density at radius 2 is 2.00 bits per heavy atom. The Kier molecular flexibility index (Phi) is 4.90. The van der Waals surface area contributed by atoms with Gasteiger partial charge in [-0.05, 0) is 24.7 Å². The topological polar surface area (TPSA) is 23.5 Å². The molecule has 1 aliphatic heterocycles. The van der Waals surface area contributed by atoms with Gasteiger partial charge >= 0.3 is 0 Å². The van der Waals surface area contributed by atoms with E-state index in [2.05, 4.69) is 25.7 Å². The molecule has 0 aromatic rings. The first-order chi connectivity index (χ1) is 6.61. The first-order valence-electron chi connectivity index (χ1n) is 6.02. The van der Waals surface area contributed by atoms with Crippen molar-refractivity contribution in [2.75, 3.05) is 19.6 Å². The van der Waals surface area contributed by atoms with E-state index in [1.807, 2.05) is 0 Å². The largest absolute Gasteiger partial charge is 0.392 e. The van der Waals surface area contributed by atoms with Crippen molar-refractivity contribution in [3.8, 4) is 0 Å². The maximum atomic E-state index is 9.73. The first kappa shape index (κ1) is 12.0. The second-order valence-electron chi connectivity index (χ2n) is 5.16. The highest BCUT2D eigenvalue weighted by molar-refractivity contribution is 4.81. The Hall–Kier alpha value is -0.0800. The van der Waals surface area contributed by atoms with Crippen molar-refractivity contribution in [3.63, 3.8) is 0 Å². The average molecular weight is 199 g/mol. The van der Waals surface area contributed by atoms with Gasteiger partial charge in [0.05, 0.1) is 6.10 Å². The number of likely N-dealkylation sites (tertiary alicyclic amines) is 1. The molecule has 0 aromatic heterocycles. The van der Waals surface area contributed by atoms with Crippen LogP contribution in [0.25, 0.3) is 0 Å². The predicted octanol–water partition coefficient (Wildman–Crippen LogP) is 2.13. The summed E-state index contributed by atoms with van der Waals surface area (Å²) in [7, 11) is 0. The van der Waals surface area contributed by atoms with Gasteiger partial charge in [-0.25, -0.2) is 0 Å². The van der Waals surface area contributed by atoms with E-state index >= 15 is 0 Å². The Morgan fingerprint density at radius 3 is 2.50 bits per heavy atom. The molecule has 1 fully saturated rings. The second-order valence-corrected chi connectivity index (χ2v) is 5.16. The smallest absolute Gasteiger partial charge is 0.0669 e. The summed E-state index contributed by atoms with van der Waals surface area (Å²) in [6, 6.07) is 0. The fourth-order valence-electron chi connectivity index (χ4n) is 2.33. The minimum absolute atomic E-state index is 0.113. The lowest BCUT2D eigenvalue weighted by Crippen LogP contribution is -2.49. The molecule has 0 bridgehead atoms. The number of aliphatic hydroxyl groups is 1. The van der Waals surface area contributed by atoms with Crippen LogP contribution in [-0.2, 0) is 0 Å². The molecule has 1 rings (SSSR count). The van der Waals surface area contributed by atoms with E-state index in [4.69, 9.17) is 0 Å². The molecular formula is C12H25NO. The summed E-state index contributed by atoms with van der Waals surface area (Å²) >= 11 is 0. The summed E-state index contributed by atoms with van der Waals surface area (Å²) in [5, 5.41) is 9.73. The summed E-state index contributed by atoms with van der Waals surface area (Å²) in [6.45, 7) is 9.89. The maximum Gasteiger partial charge on any atom is 0.0669 e. The van der Waals surface area contributed by atoms with Crippen LogP contribution >= 0.6 is 0 Å². The van der Waals surface area contributed by atoms with Crippen LogP contribution in [0.5, 0.6) is 0 Å².